The van der Waals surface area contributed by atoms with Crippen LogP contribution in [0.5, 0.6) is 0 Å². The minimum Gasteiger partial charge on any atom is -0.313 e. The number of hydrogen-bond acceptors (Lipinski definition) is 1. The van der Waals surface area contributed by atoms with Crippen molar-refractivity contribution >= 4 is 6.21 Å². The van der Waals surface area contributed by atoms with Crippen LogP contribution in [0.25, 0.3) is 0 Å². The highest BCUT2D eigenvalue weighted by molar-refractivity contribution is 5.57. The van der Waals surface area contributed by atoms with Crippen LogP contribution < -0.4 is 0 Å². The standard InChI is InChI=1S/C10H17N/c1-9(2)5-4-6-10(3)7-8-11/h4-6,8-9,11H,7H2,1-3H3/b5-4?,10-6-,11-8?. The molecule has 0 fully saturated rings. The predicted molar refractivity (Wildman–Crippen MR) is 51.1 cm³/mol. The Morgan fingerprint density at radius 3 is 2.55 bits per heavy atom. The van der Waals surface area contributed by atoms with Gasteiger partial charge < -0.3 is 5.41 Å². The van der Waals surface area contributed by atoms with E-state index in [9.17, 15) is 0 Å². The maximum Gasteiger partial charge on any atom is 0.00305 e. The molecular weight excluding hydrogens is 134 g/mol. The summed E-state index contributed by atoms with van der Waals surface area (Å²) in [5, 5.41) is 6.86. The average Bonchev–Trinajstić information content (AvgIpc) is 1.87. The normalized spacial score (nSPS) is 12.9. The van der Waals surface area contributed by atoms with Crippen molar-refractivity contribution in [3.63, 3.8) is 0 Å². The number of allylic oxidation sites excluding steroid dienone is 4. The quantitative estimate of drug-likeness (QED) is 0.471. The van der Waals surface area contributed by atoms with Crippen LogP contribution in [0.15, 0.2) is 23.8 Å². The second kappa shape index (κ2) is 5.90. The van der Waals surface area contributed by atoms with Gasteiger partial charge in [-0.2, -0.15) is 0 Å². The lowest BCUT2D eigenvalue weighted by atomic mass is 10.1. The largest absolute Gasteiger partial charge is 0.313 e. The van der Waals surface area contributed by atoms with Gasteiger partial charge in [0.25, 0.3) is 0 Å². The zero-order valence-corrected chi connectivity index (χ0v) is 7.59. The molecule has 1 N–H and O–H groups in total. The van der Waals surface area contributed by atoms with Gasteiger partial charge in [-0.05, 0) is 19.1 Å². The second-order valence-electron chi connectivity index (χ2n) is 3.05. The first kappa shape index (κ1) is 10.2. The van der Waals surface area contributed by atoms with Crippen LogP contribution in [0.1, 0.15) is 27.2 Å². The molecule has 0 bridgehead atoms. The minimum absolute atomic E-state index is 0.610. The molecule has 0 aromatic heterocycles. The van der Waals surface area contributed by atoms with Crippen molar-refractivity contribution in [3.8, 4) is 0 Å². The Balaban J connectivity index is 3.80. The van der Waals surface area contributed by atoms with Crippen LogP contribution >= 0.6 is 0 Å². The van der Waals surface area contributed by atoms with Gasteiger partial charge >= 0.3 is 0 Å². The fourth-order valence-electron chi connectivity index (χ4n) is 0.671. The first-order valence-electron chi connectivity index (χ1n) is 3.99. The molecule has 0 amide bonds. The predicted octanol–water partition coefficient (Wildman–Crippen LogP) is 3.18. The third-order valence-electron chi connectivity index (χ3n) is 1.30. The number of rotatable bonds is 4. The van der Waals surface area contributed by atoms with E-state index in [-0.39, 0.29) is 0 Å². The average molecular weight is 151 g/mol. The number of hydrogen-bond donors (Lipinski definition) is 1. The summed E-state index contributed by atoms with van der Waals surface area (Å²) in [5.41, 5.74) is 1.23. The van der Waals surface area contributed by atoms with Gasteiger partial charge in [0.2, 0.25) is 0 Å². The zero-order chi connectivity index (χ0) is 8.69. The van der Waals surface area contributed by atoms with E-state index < -0.39 is 0 Å². The van der Waals surface area contributed by atoms with Crippen LogP contribution in [0.4, 0.5) is 0 Å². The lowest BCUT2D eigenvalue weighted by molar-refractivity contribution is 0.832. The van der Waals surface area contributed by atoms with Gasteiger partial charge in [-0.15, -0.1) is 0 Å². The molecule has 1 heteroatoms. The highest BCUT2D eigenvalue weighted by Gasteiger charge is 1.83. The van der Waals surface area contributed by atoms with Gasteiger partial charge in [0.15, 0.2) is 0 Å². The maximum absolute atomic E-state index is 6.86. The molecule has 0 heterocycles. The molecule has 0 aliphatic heterocycles. The van der Waals surface area contributed by atoms with Gasteiger partial charge in [0, 0.05) is 6.42 Å². The molecule has 0 saturated carbocycles. The van der Waals surface area contributed by atoms with Crippen molar-refractivity contribution < 1.29 is 0 Å². The SMILES string of the molecule is C/C(=C/C=CC(C)C)CC=N. The molecule has 0 saturated heterocycles. The zero-order valence-electron chi connectivity index (χ0n) is 7.59. The fraction of sp³-hybridized carbons (Fsp3) is 0.500. The summed E-state index contributed by atoms with van der Waals surface area (Å²) in [6, 6.07) is 0. The molecule has 0 radical (unpaired) electrons. The molecule has 1 nitrogen and oxygen atoms in total. The van der Waals surface area contributed by atoms with Crippen molar-refractivity contribution in [2.45, 2.75) is 27.2 Å². The second-order valence-corrected chi connectivity index (χ2v) is 3.05. The van der Waals surface area contributed by atoms with Crippen LogP contribution in [-0.2, 0) is 0 Å². The Hall–Kier alpha value is -0.850. The highest BCUT2D eigenvalue weighted by atomic mass is 14.3. The molecule has 62 valence electrons. The Labute approximate surface area is 69.3 Å². The van der Waals surface area contributed by atoms with E-state index in [1.807, 2.05) is 6.92 Å². The molecular formula is C10H17N. The summed E-state index contributed by atoms with van der Waals surface area (Å²) in [6.07, 6.45) is 8.46. The molecule has 0 aromatic carbocycles. The summed E-state index contributed by atoms with van der Waals surface area (Å²) in [5.74, 6) is 0.610. The molecule has 0 unspecified atom stereocenters. The summed E-state index contributed by atoms with van der Waals surface area (Å²) in [6.45, 7) is 6.34. The van der Waals surface area contributed by atoms with Crippen molar-refractivity contribution in [1.82, 2.24) is 0 Å². The summed E-state index contributed by atoms with van der Waals surface area (Å²) in [7, 11) is 0. The minimum atomic E-state index is 0.610. The van der Waals surface area contributed by atoms with Crippen molar-refractivity contribution in [3.05, 3.63) is 23.8 Å². The third-order valence-corrected chi connectivity index (χ3v) is 1.30. The first-order valence-corrected chi connectivity index (χ1v) is 3.99. The Kier molecular flexibility index (Phi) is 5.44. The summed E-state index contributed by atoms with van der Waals surface area (Å²) >= 11 is 0. The topological polar surface area (TPSA) is 23.9 Å². The van der Waals surface area contributed by atoms with Gasteiger partial charge in [0.05, 0.1) is 0 Å². The number of nitrogens with one attached hydrogen (secondary N) is 1. The fourth-order valence-corrected chi connectivity index (χ4v) is 0.671. The van der Waals surface area contributed by atoms with Crippen molar-refractivity contribution in [1.29, 1.82) is 5.41 Å². The first-order chi connectivity index (χ1) is 5.16. The van der Waals surface area contributed by atoms with E-state index in [1.54, 1.807) is 0 Å². The van der Waals surface area contributed by atoms with Gasteiger partial charge in [-0.1, -0.05) is 37.6 Å². The lowest BCUT2D eigenvalue weighted by Crippen LogP contribution is -1.78. The van der Waals surface area contributed by atoms with E-state index in [2.05, 4.69) is 32.1 Å². The van der Waals surface area contributed by atoms with Crippen molar-refractivity contribution in [2.75, 3.05) is 0 Å². The van der Waals surface area contributed by atoms with Gasteiger partial charge in [-0.3, -0.25) is 0 Å². The molecule has 0 aliphatic rings. The third kappa shape index (κ3) is 7.04. The molecule has 0 aromatic rings. The Morgan fingerprint density at radius 1 is 1.45 bits per heavy atom. The summed E-state index contributed by atoms with van der Waals surface area (Å²) in [4.78, 5) is 0. The molecule has 0 atom stereocenters. The highest BCUT2D eigenvalue weighted by Crippen LogP contribution is 1.99. The molecule has 0 rings (SSSR count). The van der Waals surface area contributed by atoms with E-state index in [0.717, 1.165) is 6.42 Å². The van der Waals surface area contributed by atoms with Crippen LogP contribution in [0.2, 0.25) is 0 Å². The van der Waals surface area contributed by atoms with Gasteiger partial charge in [0.1, 0.15) is 0 Å². The van der Waals surface area contributed by atoms with Crippen LogP contribution in [0.3, 0.4) is 0 Å². The van der Waals surface area contributed by atoms with Crippen LogP contribution in [0, 0.1) is 11.3 Å². The van der Waals surface area contributed by atoms with E-state index >= 15 is 0 Å². The lowest BCUT2D eigenvalue weighted by Gasteiger charge is -1.92. The Bertz CT molecular complexity index is 164. The monoisotopic (exact) mass is 151 g/mol. The molecule has 0 spiro atoms. The van der Waals surface area contributed by atoms with Crippen molar-refractivity contribution in [2.24, 2.45) is 5.92 Å². The van der Waals surface area contributed by atoms with E-state index in [1.165, 1.54) is 11.8 Å². The van der Waals surface area contributed by atoms with Crippen LogP contribution in [-0.4, -0.2) is 6.21 Å². The van der Waals surface area contributed by atoms with E-state index in [4.69, 9.17) is 5.41 Å². The molecule has 0 aliphatic carbocycles. The summed E-state index contributed by atoms with van der Waals surface area (Å²) < 4.78 is 0. The molecule has 11 heavy (non-hydrogen) atoms. The Morgan fingerprint density at radius 2 is 2.09 bits per heavy atom. The van der Waals surface area contributed by atoms with E-state index in [0.29, 0.717) is 5.92 Å². The maximum atomic E-state index is 6.86. The smallest absolute Gasteiger partial charge is 0.00305 e. The van der Waals surface area contributed by atoms with Gasteiger partial charge in [-0.25, -0.2) is 0 Å².